The van der Waals surface area contributed by atoms with E-state index in [-0.39, 0.29) is 6.10 Å². The molecule has 1 saturated carbocycles. The van der Waals surface area contributed by atoms with Gasteiger partial charge in [0.25, 0.3) is 6.43 Å². The summed E-state index contributed by atoms with van der Waals surface area (Å²) in [6.45, 7) is 2.92. The standard InChI is InChI=1S/C24H27F2N3O3/c1-14(2)32-24(30)28-16-8-6-15(7-9-16)23-22(27)19-12-18(31-13-21(25)26)10-11-20(19)29(23)17-4-3-5-17/h6-12,14,17,21H,3-5,13,27H2,1-2H3,(H,28,30). The fraction of sp³-hybridized carbons (Fsp3) is 0.375. The molecule has 1 fully saturated rings. The number of aromatic nitrogens is 1. The minimum Gasteiger partial charge on any atom is -0.488 e. The maximum absolute atomic E-state index is 12.5. The average Bonchev–Trinajstić information content (AvgIpc) is 2.97. The van der Waals surface area contributed by atoms with Crippen molar-refractivity contribution < 1.29 is 23.0 Å². The predicted molar refractivity (Wildman–Crippen MR) is 121 cm³/mol. The van der Waals surface area contributed by atoms with Crippen molar-refractivity contribution in [2.45, 2.75) is 51.7 Å². The van der Waals surface area contributed by atoms with Gasteiger partial charge in [-0.3, -0.25) is 5.32 Å². The predicted octanol–water partition coefficient (Wildman–Crippen LogP) is 6.22. The third kappa shape index (κ3) is 4.49. The number of rotatable bonds is 7. The Labute approximate surface area is 185 Å². The number of nitrogens with two attached hydrogens (primary N) is 1. The number of anilines is 2. The van der Waals surface area contributed by atoms with E-state index in [9.17, 15) is 13.6 Å². The summed E-state index contributed by atoms with van der Waals surface area (Å²) in [5.41, 5.74) is 10.5. The number of carbonyl (C=O) groups is 1. The summed E-state index contributed by atoms with van der Waals surface area (Å²) in [6, 6.07) is 13.0. The number of hydrogen-bond acceptors (Lipinski definition) is 4. The van der Waals surface area contributed by atoms with E-state index in [1.54, 1.807) is 38.1 Å². The van der Waals surface area contributed by atoms with Crippen LogP contribution in [0, 0.1) is 0 Å². The highest BCUT2D eigenvalue weighted by molar-refractivity contribution is 6.02. The minimum atomic E-state index is -2.54. The summed E-state index contributed by atoms with van der Waals surface area (Å²) in [6.07, 6.45) is 0.0124. The lowest BCUT2D eigenvalue weighted by atomic mass is 9.92. The molecule has 4 rings (SSSR count). The second-order valence-corrected chi connectivity index (χ2v) is 8.25. The first-order chi connectivity index (χ1) is 15.3. The van der Waals surface area contributed by atoms with E-state index in [0.717, 1.165) is 41.4 Å². The molecule has 0 aliphatic heterocycles. The summed E-state index contributed by atoms with van der Waals surface area (Å²) >= 11 is 0. The van der Waals surface area contributed by atoms with Crippen LogP contribution in [0.5, 0.6) is 5.75 Å². The normalized spacial score (nSPS) is 14.1. The van der Waals surface area contributed by atoms with Crippen molar-refractivity contribution in [3.63, 3.8) is 0 Å². The van der Waals surface area contributed by atoms with Crippen LogP contribution in [0.4, 0.5) is 25.0 Å². The number of fused-ring (bicyclic) bond motifs is 1. The molecule has 8 heteroatoms. The van der Waals surface area contributed by atoms with Crippen LogP contribution in [-0.4, -0.2) is 29.8 Å². The Hall–Kier alpha value is -3.29. The molecule has 1 aliphatic carbocycles. The number of nitrogen functional groups attached to an aromatic ring is 1. The first kappa shape index (κ1) is 21.9. The Bertz CT molecular complexity index is 1110. The first-order valence-electron chi connectivity index (χ1n) is 10.8. The molecule has 0 atom stereocenters. The van der Waals surface area contributed by atoms with Crippen molar-refractivity contribution in [3.05, 3.63) is 42.5 Å². The SMILES string of the molecule is CC(C)OC(=O)Nc1ccc(-c2c(N)c3cc(OCC(F)F)ccc3n2C2CCC2)cc1. The summed E-state index contributed by atoms with van der Waals surface area (Å²) < 4.78 is 37.6. The number of benzene rings is 2. The van der Waals surface area contributed by atoms with E-state index < -0.39 is 19.1 Å². The molecule has 3 N–H and O–H groups in total. The summed E-state index contributed by atoms with van der Waals surface area (Å²) in [5.74, 6) is 0.366. The molecule has 32 heavy (non-hydrogen) atoms. The van der Waals surface area contributed by atoms with Crippen molar-refractivity contribution in [2.24, 2.45) is 0 Å². The zero-order chi connectivity index (χ0) is 22.8. The summed E-state index contributed by atoms with van der Waals surface area (Å²) in [4.78, 5) is 11.9. The number of halogens is 2. The van der Waals surface area contributed by atoms with Crippen LogP contribution in [0.3, 0.4) is 0 Å². The third-order valence-electron chi connectivity index (χ3n) is 5.58. The van der Waals surface area contributed by atoms with Gasteiger partial charge in [0.15, 0.2) is 0 Å². The lowest BCUT2D eigenvalue weighted by molar-refractivity contribution is 0.0820. The number of amides is 1. The molecular formula is C24H27F2N3O3. The molecule has 0 radical (unpaired) electrons. The fourth-order valence-corrected chi connectivity index (χ4v) is 3.96. The van der Waals surface area contributed by atoms with Crippen LogP contribution in [0.1, 0.15) is 39.2 Å². The lowest BCUT2D eigenvalue weighted by Gasteiger charge is -2.30. The molecular weight excluding hydrogens is 416 g/mol. The number of ether oxygens (including phenoxy) is 2. The number of alkyl halides is 2. The van der Waals surface area contributed by atoms with Crippen molar-refractivity contribution >= 4 is 28.4 Å². The molecule has 0 spiro atoms. The van der Waals surface area contributed by atoms with Gasteiger partial charge in [-0.2, -0.15) is 0 Å². The van der Waals surface area contributed by atoms with E-state index in [1.165, 1.54) is 0 Å². The highest BCUT2D eigenvalue weighted by atomic mass is 19.3. The van der Waals surface area contributed by atoms with E-state index >= 15 is 0 Å². The maximum Gasteiger partial charge on any atom is 0.411 e. The van der Waals surface area contributed by atoms with Crippen LogP contribution in [0.2, 0.25) is 0 Å². The zero-order valence-electron chi connectivity index (χ0n) is 18.1. The highest BCUT2D eigenvalue weighted by Crippen LogP contribution is 2.44. The minimum absolute atomic E-state index is 0.207. The fourth-order valence-electron chi connectivity index (χ4n) is 3.96. The Balaban J connectivity index is 1.69. The smallest absolute Gasteiger partial charge is 0.411 e. The van der Waals surface area contributed by atoms with E-state index in [2.05, 4.69) is 9.88 Å². The third-order valence-corrected chi connectivity index (χ3v) is 5.58. The van der Waals surface area contributed by atoms with Crippen LogP contribution >= 0.6 is 0 Å². The molecule has 3 aromatic rings. The molecule has 1 heterocycles. The van der Waals surface area contributed by atoms with Gasteiger partial charge in [-0.25, -0.2) is 13.6 Å². The number of hydrogen-bond donors (Lipinski definition) is 2. The second-order valence-electron chi connectivity index (χ2n) is 8.25. The van der Waals surface area contributed by atoms with E-state index in [4.69, 9.17) is 15.2 Å². The number of nitrogens with zero attached hydrogens (tertiary/aromatic N) is 1. The summed E-state index contributed by atoms with van der Waals surface area (Å²) in [5, 5.41) is 3.49. The largest absolute Gasteiger partial charge is 0.488 e. The quantitative estimate of drug-likeness (QED) is 0.455. The van der Waals surface area contributed by atoms with E-state index in [0.29, 0.717) is 23.2 Å². The van der Waals surface area contributed by atoms with E-state index in [1.807, 2.05) is 18.2 Å². The van der Waals surface area contributed by atoms with Gasteiger partial charge in [-0.15, -0.1) is 0 Å². The Kier molecular flexibility index (Phi) is 6.21. The molecule has 0 saturated heterocycles. The van der Waals surface area contributed by atoms with Crippen molar-refractivity contribution in [1.29, 1.82) is 0 Å². The van der Waals surface area contributed by atoms with Gasteiger partial charge < -0.3 is 19.8 Å². The van der Waals surface area contributed by atoms with Gasteiger partial charge in [-0.1, -0.05) is 12.1 Å². The topological polar surface area (TPSA) is 78.5 Å². The van der Waals surface area contributed by atoms with Crippen molar-refractivity contribution in [2.75, 3.05) is 17.7 Å². The van der Waals surface area contributed by atoms with Gasteiger partial charge in [-0.05, 0) is 63.4 Å². The lowest BCUT2D eigenvalue weighted by Crippen LogP contribution is -2.18. The first-order valence-corrected chi connectivity index (χ1v) is 10.8. The van der Waals surface area contributed by atoms with Crippen molar-refractivity contribution in [3.8, 4) is 17.0 Å². The molecule has 1 amide bonds. The van der Waals surface area contributed by atoms with Crippen molar-refractivity contribution in [1.82, 2.24) is 4.57 Å². The molecule has 170 valence electrons. The molecule has 1 aliphatic rings. The van der Waals surface area contributed by atoms with Gasteiger partial charge in [0.2, 0.25) is 0 Å². The van der Waals surface area contributed by atoms with Crippen LogP contribution < -0.4 is 15.8 Å². The van der Waals surface area contributed by atoms with Gasteiger partial charge in [0.1, 0.15) is 12.4 Å². The Morgan fingerprint density at radius 1 is 1.19 bits per heavy atom. The highest BCUT2D eigenvalue weighted by Gasteiger charge is 2.27. The number of carbonyl (C=O) groups excluding carboxylic acids is 1. The van der Waals surface area contributed by atoms with Gasteiger partial charge in [0, 0.05) is 22.7 Å². The van der Waals surface area contributed by atoms with Crippen LogP contribution in [0.15, 0.2) is 42.5 Å². The molecule has 0 bridgehead atoms. The second kappa shape index (κ2) is 9.06. The molecule has 6 nitrogen and oxygen atoms in total. The Morgan fingerprint density at radius 3 is 2.50 bits per heavy atom. The number of nitrogens with one attached hydrogen (secondary N) is 1. The monoisotopic (exact) mass is 443 g/mol. The van der Waals surface area contributed by atoms with Crippen LogP contribution in [0.25, 0.3) is 22.2 Å². The maximum atomic E-state index is 12.5. The average molecular weight is 443 g/mol. The Morgan fingerprint density at radius 2 is 1.91 bits per heavy atom. The molecule has 0 unspecified atom stereocenters. The zero-order valence-corrected chi connectivity index (χ0v) is 18.1. The van der Waals surface area contributed by atoms with Gasteiger partial charge in [0.05, 0.1) is 23.0 Å². The molecule has 1 aromatic heterocycles. The van der Waals surface area contributed by atoms with Gasteiger partial charge >= 0.3 is 6.09 Å². The summed E-state index contributed by atoms with van der Waals surface area (Å²) in [7, 11) is 0. The molecule has 2 aromatic carbocycles. The van der Waals surface area contributed by atoms with Crippen LogP contribution in [-0.2, 0) is 4.74 Å².